The lowest BCUT2D eigenvalue weighted by atomic mass is 10.1. The van der Waals surface area contributed by atoms with Crippen molar-refractivity contribution in [1.29, 1.82) is 0 Å². The van der Waals surface area contributed by atoms with E-state index in [4.69, 9.17) is 23.2 Å². The van der Waals surface area contributed by atoms with Crippen molar-refractivity contribution in [2.24, 2.45) is 0 Å². The first-order valence-corrected chi connectivity index (χ1v) is 8.53. The molecule has 0 radical (unpaired) electrons. The summed E-state index contributed by atoms with van der Waals surface area (Å²) in [5, 5.41) is 3.86. The van der Waals surface area contributed by atoms with E-state index in [9.17, 15) is 4.79 Å². The number of amides is 1. The Morgan fingerprint density at radius 1 is 1.12 bits per heavy atom. The van der Waals surface area contributed by atoms with Gasteiger partial charge < -0.3 is 4.57 Å². The fourth-order valence-corrected chi connectivity index (χ4v) is 3.18. The summed E-state index contributed by atoms with van der Waals surface area (Å²) in [4.78, 5) is 17.0. The topological polar surface area (TPSA) is 46.9 Å². The highest BCUT2D eigenvalue weighted by molar-refractivity contribution is 6.36. The van der Waals surface area contributed by atoms with Gasteiger partial charge in [-0.15, -0.1) is 0 Å². The van der Waals surface area contributed by atoms with Gasteiger partial charge in [-0.1, -0.05) is 48.3 Å². The Bertz CT molecular complexity index is 869. The molecule has 3 rings (SSSR count). The number of fused-ring (bicyclic) bond motifs is 1. The molecule has 1 aromatic heterocycles. The molecular formula is C18H17Cl2N3O. The SMILES string of the molecule is CCCn1c(NC(=O)Cc2c(Cl)cccc2Cl)nc2ccccc21. The molecule has 24 heavy (non-hydrogen) atoms. The molecule has 1 amide bonds. The normalized spacial score (nSPS) is 11.0. The van der Waals surface area contributed by atoms with Crippen LogP contribution < -0.4 is 5.32 Å². The van der Waals surface area contributed by atoms with Crippen molar-refractivity contribution < 1.29 is 4.79 Å². The van der Waals surface area contributed by atoms with Gasteiger partial charge in [0.25, 0.3) is 0 Å². The summed E-state index contributed by atoms with van der Waals surface area (Å²) in [6.45, 7) is 2.87. The van der Waals surface area contributed by atoms with Crippen molar-refractivity contribution in [2.75, 3.05) is 5.32 Å². The van der Waals surface area contributed by atoms with Crippen molar-refractivity contribution in [2.45, 2.75) is 26.3 Å². The number of halogens is 2. The number of carbonyl (C=O) groups excluding carboxylic acids is 1. The number of nitrogens with one attached hydrogen (secondary N) is 1. The van der Waals surface area contributed by atoms with E-state index in [1.54, 1.807) is 18.2 Å². The van der Waals surface area contributed by atoms with Gasteiger partial charge in [0.15, 0.2) is 0 Å². The quantitative estimate of drug-likeness (QED) is 0.699. The molecule has 0 spiro atoms. The molecule has 0 fully saturated rings. The smallest absolute Gasteiger partial charge is 0.231 e. The minimum atomic E-state index is -0.197. The summed E-state index contributed by atoms with van der Waals surface area (Å²) in [7, 11) is 0. The molecule has 0 atom stereocenters. The van der Waals surface area contributed by atoms with E-state index in [1.807, 2.05) is 28.8 Å². The van der Waals surface area contributed by atoms with Gasteiger partial charge in [0.2, 0.25) is 11.9 Å². The Morgan fingerprint density at radius 2 is 1.83 bits per heavy atom. The molecule has 0 bridgehead atoms. The highest BCUT2D eigenvalue weighted by Crippen LogP contribution is 2.25. The van der Waals surface area contributed by atoms with Gasteiger partial charge >= 0.3 is 0 Å². The summed E-state index contributed by atoms with van der Waals surface area (Å²) in [6.07, 6.45) is 1.05. The second-order valence-electron chi connectivity index (χ2n) is 5.50. The average molecular weight is 362 g/mol. The summed E-state index contributed by atoms with van der Waals surface area (Å²) in [5.74, 6) is 0.351. The van der Waals surface area contributed by atoms with E-state index < -0.39 is 0 Å². The summed E-state index contributed by atoms with van der Waals surface area (Å²) < 4.78 is 2.02. The highest BCUT2D eigenvalue weighted by Gasteiger charge is 2.15. The Kier molecular flexibility index (Phi) is 5.07. The van der Waals surface area contributed by atoms with Gasteiger partial charge in [0, 0.05) is 16.6 Å². The van der Waals surface area contributed by atoms with Gasteiger partial charge in [-0.25, -0.2) is 4.98 Å². The first-order chi connectivity index (χ1) is 11.6. The van der Waals surface area contributed by atoms with E-state index in [-0.39, 0.29) is 12.3 Å². The second-order valence-corrected chi connectivity index (χ2v) is 6.32. The molecule has 0 saturated heterocycles. The predicted molar refractivity (Wildman–Crippen MR) is 98.8 cm³/mol. The fourth-order valence-electron chi connectivity index (χ4n) is 2.65. The van der Waals surface area contributed by atoms with Gasteiger partial charge in [-0.2, -0.15) is 0 Å². The van der Waals surface area contributed by atoms with Gasteiger partial charge in [-0.3, -0.25) is 10.1 Å². The van der Waals surface area contributed by atoms with Crippen LogP contribution in [0.5, 0.6) is 0 Å². The number of hydrogen-bond acceptors (Lipinski definition) is 2. The number of para-hydroxylation sites is 2. The maximum atomic E-state index is 12.4. The van der Waals surface area contributed by atoms with Crippen LogP contribution in [0.15, 0.2) is 42.5 Å². The molecule has 124 valence electrons. The van der Waals surface area contributed by atoms with Crippen LogP contribution in [0.2, 0.25) is 10.0 Å². The number of carbonyl (C=O) groups is 1. The number of benzene rings is 2. The molecule has 1 heterocycles. The average Bonchev–Trinajstić information content (AvgIpc) is 2.89. The lowest BCUT2D eigenvalue weighted by Crippen LogP contribution is -2.18. The zero-order valence-corrected chi connectivity index (χ0v) is 14.7. The lowest BCUT2D eigenvalue weighted by Gasteiger charge is -2.10. The van der Waals surface area contributed by atoms with E-state index in [2.05, 4.69) is 17.2 Å². The summed E-state index contributed by atoms with van der Waals surface area (Å²) >= 11 is 12.3. The van der Waals surface area contributed by atoms with Crippen molar-refractivity contribution in [3.63, 3.8) is 0 Å². The largest absolute Gasteiger partial charge is 0.310 e. The van der Waals surface area contributed by atoms with Crippen molar-refractivity contribution in [3.05, 3.63) is 58.1 Å². The van der Waals surface area contributed by atoms with Crippen LogP contribution in [0.4, 0.5) is 5.95 Å². The first kappa shape index (κ1) is 16.8. The molecule has 4 nitrogen and oxygen atoms in total. The van der Waals surface area contributed by atoms with Crippen LogP contribution in [-0.2, 0) is 17.8 Å². The monoisotopic (exact) mass is 361 g/mol. The zero-order valence-electron chi connectivity index (χ0n) is 13.2. The lowest BCUT2D eigenvalue weighted by molar-refractivity contribution is -0.115. The maximum absolute atomic E-state index is 12.4. The molecule has 2 aromatic carbocycles. The highest BCUT2D eigenvalue weighted by atomic mass is 35.5. The third-order valence-corrected chi connectivity index (χ3v) is 4.46. The third-order valence-electron chi connectivity index (χ3n) is 3.75. The number of anilines is 1. The Balaban J connectivity index is 1.86. The fraction of sp³-hybridized carbons (Fsp3) is 0.222. The zero-order chi connectivity index (χ0) is 17.1. The maximum Gasteiger partial charge on any atom is 0.231 e. The van der Waals surface area contributed by atoms with Crippen molar-refractivity contribution >= 4 is 46.1 Å². The molecule has 0 aliphatic heterocycles. The van der Waals surface area contributed by atoms with Crippen LogP contribution in [-0.4, -0.2) is 15.5 Å². The van der Waals surface area contributed by atoms with E-state index in [0.29, 0.717) is 21.6 Å². The predicted octanol–water partition coefficient (Wildman–Crippen LogP) is 4.93. The standard InChI is InChI=1S/C18H17Cl2N3O/c1-2-10-23-16-9-4-3-8-15(16)21-18(23)22-17(24)11-12-13(19)6-5-7-14(12)20/h3-9H,2,10-11H2,1H3,(H,21,22,24). The Labute approximate surface area is 150 Å². The van der Waals surface area contributed by atoms with Gasteiger partial charge in [0.05, 0.1) is 17.5 Å². The minimum Gasteiger partial charge on any atom is -0.310 e. The molecule has 0 saturated carbocycles. The first-order valence-electron chi connectivity index (χ1n) is 7.78. The second kappa shape index (κ2) is 7.24. The number of aryl methyl sites for hydroxylation is 1. The number of rotatable bonds is 5. The van der Waals surface area contributed by atoms with E-state index in [1.165, 1.54) is 0 Å². The van der Waals surface area contributed by atoms with Crippen molar-refractivity contribution in [1.82, 2.24) is 9.55 Å². The van der Waals surface area contributed by atoms with Crippen molar-refractivity contribution in [3.8, 4) is 0 Å². The molecule has 0 aliphatic carbocycles. The van der Waals surface area contributed by atoms with E-state index >= 15 is 0 Å². The Hall–Kier alpha value is -2.04. The number of hydrogen-bond donors (Lipinski definition) is 1. The number of nitrogens with zero attached hydrogens (tertiary/aromatic N) is 2. The Morgan fingerprint density at radius 3 is 2.54 bits per heavy atom. The number of imidazole rings is 1. The molecule has 1 N–H and O–H groups in total. The molecule has 0 aliphatic rings. The van der Waals surface area contributed by atoms with Gasteiger partial charge in [-0.05, 0) is 36.2 Å². The van der Waals surface area contributed by atoms with Gasteiger partial charge in [0.1, 0.15) is 0 Å². The van der Waals surface area contributed by atoms with Crippen LogP contribution in [0.25, 0.3) is 11.0 Å². The molecule has 0 unspecified atom stereocenters. The molecular weight excluding hydrogens is 345 g/mol. The minimum absolute atomic E-state index is 0.105. The summed E-state index contributed by atoms with van der Waals surface area (Å²) in [5.41, 5.74) is 2.49. The van der Waals surface area contributed by atoms with Crippen LogP contribution in [0.3, 0.4) is 0 Å². The van der Waals surface area contributed by atoms with Crippen LogP contribution in [0, 0.1) is 0 Å². The summed E-state index contributed by atoms with van der Waals surface area (Å²) in [6, 6.07) is 13.0. The van der Waals surface area contributed by atoms with E-state index in [0.717, 1.165) is 24.0 Å². The number of aromatic nitrogens is 2. The van der Waals surface area contributed by atoms with Crippen LogP contribution in [0.1, 0.15) is 18.9 Å². The third kappa shape index (κ3) is 3.40. The van der Waals surface area contributed by atoms with Crippen LogP contribution >= 0.6 is 23.2 Å². The molecule has 6 heteroatoms. The molecule has 3 aromatic rings.